The van der Waals surface area contributed by atoms with Crippen LogP contribution in [0.1, 0.15) is 24.0 Å². The van der Waals surface area contributed by atoms with Gasteiger partial charge in [0.1, 0.15) is 6.04 Å². The van der Waals surface area contributed by atoms with E-state index in [0.717, 1.165) is 38.0 Å². The Kier molecular flexibility index (Phi) is 10.8. The molecule has 28 heavy (non-hydrogen) atoms. The number of morpholine rings is 1. The number of ether oxygens (including phenoxy) is 1. The van der Waals surface area contributed by atoms with Gasteiger partial charge in [-0.25, -0.2) is 0 Å². The third-order valence-corrected chi connectivity index (χ3v) is 5.01. The van der Waals surface area contributed by atoms with Gasteiger partial charge in [-0.2, -0.15) is 0 Å². The molecule has 2 aliphatic rings. The van der Waals surface area contributed by atoms with Crippen molar-refractivity contribution in [3.05, 3.63) is 35.4 Å². The number of nitrogens with zero attached hydrogens (tertiary/aromatic N) is 1. The average Bonchev–Trinajstić information content (AvgIpc) is 2.67. The van der Waals surface area contributed by atoms with Gasteiger partial charge in [-0.1, -0.05) is 24.3 Å². The van der Waals surface area contributed by atoms with Crippen LogP contribution in [-0.4, -0.2) is 55.6 Å². The number of carbonyl (C=O) groups is 2. The summed E-state index contributed by atoms with van der Waals surface area (Å²) in [5.41, 5.74) is 7.70. The maximum atomic E-state index is 12.2. The van der Waals surface area contributed by atoms with Crippen molar-refractivity contribution in [2.45, 2.75) is 32.0 Å². The second kappa shape index (κ2) is 12.2. The van der Waals surface area contributed by atoms with Crippen LogP contribution in [0.2, 0.25) is 0 Å². The highest BCUT2D eigenvalue weighted by Crippen LogP contribution is 2.18. The molecule has 1 aromatic carbocycles. The van der Waals surface area contributed by atoms with Crippen LogP contribution in [0.3, 0.4) is 0 Å². The summed E-state index contributed by atoms with van der Waals surface area (Å²) < 4.78 is 5.32. The fourth-order valence-corrected chi connectivity index (χ4v) is 3.57. The van der Waals surface area contributed by atoms with Gasteiger partial charge in [0.15, 0.2) is 0 Å². The number of benzene rings is 1. The van der Waals surface area contributed by atoms with Crippen molar-refractivity contribution in [1.82, 2.24) is 15.5 Å². The molecule has 1 aromatic rings. The fourth-order valence-electron chi connectivity index (χ4n) is 3.57. The van der Waals surface area contributed by atoms with E-state index in [1.54, 1.807) is 0 Å². The largest absolute Gasteiger partial charge is 0.378 e. The number of likely N-dealkylation sites (tertiary alicyclic amines) is 1. The molecule has 9 heteroatoms. The zero-order valence-electron chi connectivity index (χ0n) is 15.9. The summed E-state index contributed by atoms with van der Waals surface area (Å²) in [5.74, 6) is -0.279. The van der Waals surface area contributed by atoms with E-state index < -0.39 is 0 Å². The van der Waals surface area contributed by atoms with Crippen LogP contribution < -0.4 is 16.4 Å². The number of hydrogen-bond acceptors (Lipinski definition) is 5. The Bertz CT molecular complexity index is 641. The fraction of sp³-hybridized carbons (Fsp3) is 0.579. The van der Waals surface area contributed by atoms with Crippen LogP contribution in [0, 0.1) is 5.92 Å². The molecular weight excluding hydrogens is 403 g/mol. The third-order valence-electron chi connectivity index (χ3n) is 5.01. The Morgan fingerprint density at radius 3 is 2.79 bits per heavy atom. The molecule has 2 heterocycles. The van der Waals surface area contributed by atoms with E-state index in [-0.39, 0.29) is 48.6 Å². The molecule has 2 fully saturated rings. The molecule has 0 spiro atoms. The van der Waals surface area contributed by atoms with Gasteiger partial charge >= 0.3 is 0 Å². The van der Waals surface area contributed by atoms with Crippen molar-refractivity contribution >= 4 is 36.6 Å². The second-order valence-electron chi connectivity index (χ2n) is 7.10. The molecular formula is C19H30Cl2N4O3. The van der Waals surface area contributed by atoms with E-state index in [2.05, 4.69) is 27.7 Å². The van der Waals surface area contributed by atoms with Crippen LogP contribution in [0.4, 0.5) is 0 Å². The summed E-state index contributed by atoms with van der Waals surface area (Å²) >= 11 is 0. The molecule has 2 unspecified atom stereocenters. The van der Waals surface area contributed by atoms with Crippen LogP contribution in [-0.2, 0) is 27.4 Å². The quantitative estimate of drug-likeness (QED) is 0.618. The van der Waals surface area contributed by atoms with E-state index in [1.165, 1.54) is 5.56 Å². The van der Waals surface area contributed by atoms with Gasteiger partial charge in [-0.05, 0) is 30.5 Å². The first kappa shape index (κ1) is 24.7. The number of piperidine rings is 1. The monoisotopic (exact) mass is 432 g/mol. The zero-order chi connectivity index (χ0) is 18.4. The summed E-state index contributed by atoms with van der Waals surface area (Å²) in [4.78, 5) is 25.9. The molecule has 2 atom stereocenters. The number of nitrogens with one attached hydrogen (secondary N) is 2. The Morgan fingerprint density at radius 2 is 2.07 bits per heavy atom. The summed E-state index contributed by atoms with van der Waals surface area (Å²) in [6, 6.07) is 7.94. The average molecular weight is 433 g/mol. The number of carbonyl (C=O) groups excluding carboxylic acids is 2. The van der Waals surface area contributed by atoms with Crippen molar-refractivity contribution in [3.63, 3.8) is 0 Å². The lowest BCUT2D eigenvalue weighted by atomic mass is 9.97. The van der Waals surface area contributed by atoms with E-state index in [1.807, 2.05) is 12.1 Å². The molecule has 0 aliphatic carbocycles. The van der Waals surface area contributed by atoms with E-state index in [0.29, 0.717) is 26.3 Å². The van der Waals surface area contributed by atoms with Crippen LogP contribution in [0.25, 0.3) is 0 Å². The van der Waals surface area contributed by atoms with Crippen LogP contribution in [0.5, 0.6) is 0 Å². The lowest BCUT2D eigenvalue weighted by Crippen LogP contribution is -2.51. The van der Waals surface area contributed by atoms with Crippen molar-refractivity contribution in [2.75, 3.05) is 32.8 Å². The molecule has 0 saturated carbocycles. The minimum atomic E-state index is -0.272. The SMILES string of the molecule is Cl.Cl.NC(=O)C1CCCN(Cc2cccc(CNC(=O)C3COCCN3)c2)C1. The lowest BCUT2D eigenvalue weighted by Gasteiger charge is -2.31. The number of primary amides is 1. The number of rotatable bonds is 6. The first-order valence-electron chi connectivity index (χ1n) is 9.30. The predicted molar refractivity (Wildman–Crippen MR) is 113 cm³/mol. The molecule has 2 saturated heterocycles. The van der Waals surface area contributed by atoms with Gasteiger partial charge in [-0.3, -0.25) is 14.5 Å². The standard InChI is InChI=1S/C19H28N4O3.2ClH/c20-18(24)16-5-2-7-23(12-16)11-15-4-1-3-14(9-15)10-22-19(25)17-13-26-8-6-21-17;;/h1,3-4,9,16-17,21H,2,5-8,10-13H2,(H2,20,24)(H,22,25);2*1H. The zero-order valence-corrected chi connectivity index (χ0v) is 17.5. The van der Waals surface area contributed by atoms with E-state index in [4.69, 9.17) is 10.5 Å². The van der Waals surface area contributed by atoms with Gasteiger partial charge in [0, 0.05) is 26.2 Å². The molecule has 4 N–H and O–H groups in total. The summed E-state index contributed by atoms with van der Waals surface area (Å²) in [6.07, 6.45) is 1.89. The predicted octanol–water partition coefficient (Wildman–Crippen LogP) is 0.832. The number of hydrogen-bond donors (Lipinski definition) is 3. The summed E-state index contributed by atoms with van der Waals surface area (Å²) in [7, 11) is 0. The second-order valence-corrected chi connectivity index (χ2v) is 7.10. The third kappa shape index (κ3) is 7.22. The molecule has 0 bridgehead atoms. The Hall–Kier alpha value is -1.38. The minimum absolute atomic E-state index is 0. The number of halogens is 2. The van der Waals surface area contributed by atoms with Gasteiger partial charge in [-0.15, -0.1) is 24.8 Å². The molecule has 158 valence electrons. The summed E-state index contributed by atoms with van der Waals surface area (Å²) in [6.45, 7) is 4.77. The van der Waals surface area contributed by atoms with E-state index >= 15 is 0 Å². The highest BCUT2D eigenvalue weighted by Gasteiger charge is 2.24. The Labute approximate surface area is 178 Å². The molecule has 7 nitrogen and oxygen atoms in total. The van der Waals surface area contributed by atoms with Crippen molar-refractivity contribution in [1.29, 1.82) is 0 Å². The highest BCUT2D eigenvalue weighted by molar-refractivity contribution is 5.85. The molecule has 3 rings (SSSR count). The number of nitrogens with two attached hydrogens (primary N) is 1. The normalized spacial score (nSPS) is 22.4. The van der Waals surface area contributed by atoms with Crippen LogP contribution in [0.15, 0.2) is 24.3 Å². The van der Waals surface area contributed by atoms with Crippen molar-refractivity contribution in [3.8, 4) is 0 Å². The topological polar surface area (TPSA) is 96.7 Å². The highest BCUT2D eigenvalue weighted by atomic mass is 35.5. The minimum Gasteiger partial charge on any atom is -0.378 e. The Balaban J connectivity index is 0.00000196. The molecule has 0 aromatic heterocycles. The molecule has 0 radical (unpaired) electrons. The molecule has 2 amide bonds. The van der Waals surface area contributed by atoms with Crippen molar-refractivity contribution in [2.24, 2.45) is 11.7 Å². The van der Waals surface area contributed by atoms with Crippen molar-refractivity contribution < 1.29 is 14.3 Å². The Morgan fingerprint density at radius 1 is 1.29 bits per heavy atom. The first-order chi connectivity index (χ1) is 12.6. The molecule has 2 aliphatic heterocycles. The maximum absolute atomic E-state index is 12.2. The van der Waals surface area contributed by atoms with E-state index in [9.17, 15) is 9.59 Å². The first-order valence-corrected chi connectivity index (χ1v) is 9.30. The smallest absolute Gasteiger partial charge is 0.239 e. The van der Waals surface area contributed by atoms with Gasteiger partial charge < -0.3 is 21.1 Å². The maximum Gasteiger partial charge on any atom is 0.239 e. The number of amides is 2. The van der Waals surface area contributed by atoms with Gasteiger partial charge in [0.05, 0.1) is 19.1 Å². The summed E-state index contributed by atoms with van der Waals surface area (Å²) in [5, 5.41) is 6.12. The van der Waals surface area contributed by atoms with Gasteiger partial charge in [0.25, 0.3) is 0 Å². The van der Waals surface area contributed by atoms with Crippen LogP contribution >= 0.6 is 24.8 Å². The van der Waals surface area contributed by atoms with Gasteiger partial charge in [0.2, 0.25) is 11.8 Å². The lowest BCUT2D eigenvalue weighted by molar-refractivity contribution is -0.126.